The fraction of sp³-hybridized carbons (Fsp3) is 0.625. The lowest BCUT2D eigenvalue weighted by molar-refractivity contribution is -0.151. The highest BCUT2D eigenvalue weighted by atomic mass is 16.7. The van der Waals surface area contributed by atoms with E-state index in [1.807, 2.05) is 24.3 Å². The van der Waals surface area contributed by atoms with Gasteiger partial charge in [-0.15, -0.1) is 0 Å². The first-order chi connectivity index (χ1) is 15.7. The van der Waals surface area contributed by atoms with Crippen LogP contribution in [0.4, 0.5) is 0 Å². The molecule has 174 valence electrons. The lowest BCUT2D eigenvalue weighted by Gasteiger charge is -2.30. The number of benzene rings is 1. The third-order valence-electron chi connectivity index (χ3n) is 6.93. The second kappa shape index (κ2) is 9.68. The molecule has 2 fully saturated rings. The average Bonchev–Trinajstić information content (AvgIpc) is 3.55. The monoisotopic (exact) mass is 445 g/mol. The highest BCUT2D eigenvalue weighted by molar-refractivity contribution is 5.92. The number of allylic oxidation sites excluding steroid dienone is 1. The van der Waals surface area contributed by atoms with Crippen LogP contribution >= 0.6 is 0 Å². The first-order valence-corrected chi connectivity index (χ1v) is 11.6. The largest absolute Gasteiger partial charge is 0.459 e. The zero-order chi connectivity index (χ0) is 21.9. The zero-order valence-corrected chi connectivity index (χ0v) is 18.2. The molecular formula is C24H31NO7. The number of hydrogen-bond donors (Lipinski definition) is 2. The summed E-state index contributed by atoms with van der Waals surface area (Å²) in [6.45, 7) is 1.14. The van der Waals surface area contributed by atoms with Crippen LogP contribution in [-0.2, 0) is 19.0 Å². The molecule has 2 bridgehead atoms. The highest BCUT2D eigenvalue weighted by Crippen LogP contribution is 2.44. The Balaban J connectivity index is 1.28. The standard InChI is InChI=1S/C24H31NO7/c26-5-6-28-7-8-29-23-13-18(16-3-4-20-21(11-16)31-14-30-20)12-22(32-23)24(27)25-19-10-15-1-2-17(19)9-15/h3-4,11-12,15,17-19,23,26H,1-2,5-10,13-14H2,(H,25,27)/t15?,17?,18-,19?,23+/m0/s1. The summed E-state index contributed by atoms with van der Waals surface area (Å²) in [5.41, 5.74) is 1.02. The summed E-state index contributed by atoms with van der Waals surface area (Å²) in [7, 11) is 0. The van der Waals surface area contributed by atoms with Crippen molar-refractivity contribution < 1.29 is 33.6 Å². The molecular weight excluding hydrogens is 414 g/mol. The molecule has 3 unspecified atom stereocenters. The number of rotatable bonds is 9. The summed E-state index contributed by atoms with van der Waals surface area (Å²) in [4.78, 5) is 13.1. The molecule has 5 atom stereocenters. The first-order valence-electron chi connectivity index (χ1n) is 11.6. The van der Waals surface area contributed by atoms with E-state index in [-0.39, 0.29) is 37.9 Å². The van der Waals surface area contributed by atoms with Crippen LogP contribution in [0.15, 0.2) is 30.0 Å². The van der Waals surface area contributed by atoms with Crippen molar-refractivity contribution in [1.29, 1.82) is 0 Å². The van der Waals surface area contributed by atoms with Crippen molar-refractivity contribution >= 4 is 5.91 Å². The van der Waals surface area contributed by atoms with Gasteiger partial charge in [0.1, 0.15) is 0 Å². The van der Waals surface area contributed by atoms with Crippen LogP contribution < -0.4 is 14.8 Å². The second-order valence-electron chi connectivity index (χ2n) is 8.99. The summed E-state index contributed by atoms with van der Waals surface area (Å²) in [6.07, 6.45) is 6.69. The molecule has 1 amide bonds. The molecule has 0 spiro atoms. The molecule has 2 saturated carbocycles. The fourth-order valence-corrected chi connectivity index (χ4v) is 5.36. The van der Waals surface area contributed by atoms with Gasteiger partial charge in [0.05, 0.1) is 26.4 Å². The Morgan fingerprint density at radius 3 is 2.81 bits per heavy atom. The molecule has 2 aliphatic heterocycles. The van der Waals surface area contributed by atoms with E-state index in [4.69, 9.17) is 28.8 Å². The molecule has 5 rings (SSSR count). The van der Waals surface area contributed by atoms with Gasteiger partial charge in [-0.1, -0.05) is 12.5 Å². The van der Waals surface area contributed by atoms with Gasteiger partial charge < -0.3 is 34.1 Å². The third kappa shape index (κ3) is 4.72. The van der Waals surface area contributed by atoms with E-state index in [0.717, 1.165) is 23.7 Å². The Hall–Kier alpha value is -2.29. The Labute approximate surface area is 187 Å². The van der Waals surface area contributed by atoms with Gasteiger partial charge in [-0.3, -0.25) is 4.79 Å². The van der Waals surface area contributed by atoms with Gasteiger partial charge in [0.2, 0.25) is 13.1 Å². The molecule has 0 radical (unpaired) electrons. The molecule has 2 N–H and O–H groups in total. The van der Waals surface area contributed by atoms with Crippen molar-refractivity contribution in [3.05, 3.63) is 35.6 Å². The van der Waals surface area contributed by atoms with Crippen LogP contribution in [0, 0.1) is 11.8 Å². The third-order valence-corrected chi connectivity index (χ3v) is 6.93. The molecule has 0 aromatic heterocycles. The number of ether oxygens (including phenoxy) is 5. The minimum atomic E-state index is -0.561. The number of carbonyl (C=O) groups excluding carboxylic acids is 1. The first kappa shape index (κ1) is 21.6. The lowest BCUT2D eigenvalue weighted by Crippen LogP contribution is -2.41. The van der Waals surface area contributed by atoms with Crippen molar-refractivity contribution in [2.75, 3.05) is 33.2 Å². The lowest BCUT2D eigenvalue weighted by atomic mass is 9.92. The number of fused-ring (bicyclic) bond motifs is 3. The molecule has 8 nitrogen and oxygen atoms in total. The molecule has 0 saturated heterocycles. The minimum absolute atomic E-state index is 0.0256. The highest BCUT2D eigenvalue weighted by Gasteiger charge is 2.41. The smallest absolute Gasteiger partial charge is 0.286 e. The molecule has 8 heteroatoms. The predicted octanol–water partition coefficient (Wildman–Crippen LogP) is 2.46. The van der Waals surface area contributed by atoms with Crippen molar-refractivity contribution in [3.63, 3.8) is 0 Å². The van der Waals surface area contributed by atoms with Gasteiger partial charge in [-0.2, -0.15) is 0 Å². The molecule has 1 aromatic carbocycles. The van der Waals surface area contributed by atoms with Gasteiger partial charge in [-0.25, -0.2) is 0 Å². The van der Waals surface area contributed by atoms with Crippen molar-refractivity contribution in [1.82, 2.24) is 5.32 Å². The van der Waals surface area contributed by atoms with E-state index in [0.29, 0.717) is 37.1 Å². The number of aliphatic hydroxyl groups is 1. The van der Waals surface area contributed by atoms with Crippen molar-refractivity contribution in [2.24, 2.45) is 11.8 Å². The van der Waals surface area contributed by atoms with Gasteiger partial charge in [0.25, 0.3) is 5.91 Å². The van der Waals surface area contributed by atoms with E-state index in [9.17, 15) is 4.79 Å². The van der Waals surface area contributed by atoms with E-state index >= 15 is 0 Å². The van der Waals surface area contributed by atoms with Gasteiger partial charge in [0, 0.05) is 18.4 Å². The van der Waals surface area contributed by atoms with Crippen LogP contribution in [-0.4, -0.2) is 56.6 Å². The molecule has 1 aromatic rings. The normalized spacial score (nSPS) is 30.2. The zero-order valence-electron chi connectivity index (χ0n) is 18.2. The number of amides is 1. The summed E-state index contributed by atoms with van der Waals surface area (Å²) in [5.74, 6) is 2.87. The average molecular weight is 446 g/mol. The predicted molar refractivity (Wildman–Crippen MR) is 114 cm³/mol. The number of hydrogen-bond acceptors (Lipinski definition) is 7. The summed E-state index contributed by atoms with van der Waals surface area (Å²) in [6, 6.07) is 6.09. The minimum Gasteiger partial charge on any atom is -0.459 e. The number of carbonyl (C=O) groups is 1. The maximum absolute atomic E-state index is 13.1. The van der Waals surface area contributed by atoms with Crippen LogP contribution in [0.3, 0.4) is 0 Å². The number of aliphatic hydroxyl groups excluding tert-OH is 1. The van der Waals surface area contributed by atoms with E-state index < -0.39 is 6.29 Å². The number of nitrogens with one attached hydrogen (secondary N) is 1. The molecule has 2 aliphatic carbocycles. The second-order valence-corrected chi connectivity index (χ2v) is 8.99. The van der Waals surface area contributed by atoms with Crippen LogP contribution in [0.5, 0.6) is 11.5 Å². The quantitative estimate of drug-likeness (QED) is 0.564. The van der Waals surface area contributed by atoms with Crippen molar-refractivity contribution in [2.45, 2.75) is 50.4 Å². The topological polar surface area (TPSA) is 95.5 Å². The van der Waals surface area contributed by atoms with E-state index in [1.54, 1.807) is 0 Å². The Bertz CT molecular complexity index is 857. The summed E-state index contributed by atoms with van der Waals surface area (Å²) < 4.78 is 28.0. The van der Waals surface area contributed by atoms with Gasteiger partial charge in [-0.05, 0) is 54.9 Å². The van der Waals surface area contributed by atoms with Crippen LogP contribution in [0.25, 0.3) is 0 Å². The molecule has 32 heavy (non-hydrogen) atoms. The Kier molecular flexibility index (Phi) is 6.52. The van der Waals surface area contributed by atoms with E-state index in [1.165, 1.54) is 19.3 Å². The maximum atomic E-state index is 13.1. The Morgan fingerprint density at radius 2 is 2.00 bits per heavy atom. The molecule has 4 aliphatic rings. The van der Waals surface area contributed by atoms with Gasteiger partial charge in [0.15, 0.2) is 17.3 Å². The molecule has 2 heterocycles. The van der Waals surface area contributed by atoms with Gasteiger partial charge >= 0.3 is 0 Å². The summed E-state index contributed by atoms with van der Waals surface area (Å²) >= 11 is 0. The van der Waals surface area contributed by atoms with E-state index in [2.05, 4.69) is 5.32 Å². The van der Waals surface area contributed by atoms with Crippen molar-refractivity contribution in [3.8, 4) is 11.5 Å². The Morgan fingerprint density at radius 1 is 1.09 bits per heavy atom. The SMILES string of the molecule is O=C(NC1CC2CCC1C2)C1=C[C@H](c2ccc3c(c2)OCO3)C[C@H](OCCOCCO)O1. The fourth-order valence-electron chi connectivity index (χ4n) is 5.36. The summed E-state index contributed by atoms with van der Waals surface area (Å²) in [5, 5.41) is 12.0. The maximum Gasteiger partial charge on any atom is 0.286 e. The van der Waals surface area contributed by atoms with Crippen LogP contribution in [0.1, 0.15) is 43.6 Å². The van der Waals surface area contributed by atoms with Crippen LogP contribution in [0.2, 0.25) is 0 Å².